The lowest BCUT2D eigenvalue weighted by atomic mass is 10.1. The van der Waals surface area contributed by atoms with Crippen molar-refractivity contribution < 1.29 is 23.9 Å². The Labute approximate surface area is 168 Å². The molecule has 8 nitrogen and oxygen atoms in total. The van der Waals surface area contributed by atoms with Crippen LogP contribution in [0.15, 0.2) is 18.2 Å². The average Bonchev–Trinajstić information content (AvgIpc) is 2.99. The Morgan fingerprint density at radius 3 is 2.50 bits per heavy atom. The number of esters is 1. The number of carbonyl (C=O) groups is 4. The lowest BCUT2D eigenvalue weighted by Crippen LogP contribution is -2.50. The highest BCUT2D eigenvalue weighted by molar-refractivity contribution is 6.34. The van der Waals surface area contributed by atoms with E-state index in [2.05, 4.69) is 10.6 Å². The molecule has 4 amide bonds. The zero-order valence-electron chi connectivity index (χ0n) is 16.3. The minimum Gasteiger partial charge on any atom is -0.449 e. The molecule has 0 bridgehead atoms. The first kappa shape index (κ1) is 21.7. The topological polar surface area (TPSA) is 105 Å². The Morgan fingerprint density at radius 1 is 1.25 bits per heavy atom. The van der Waals surface area contributed by atoms with Gasteiger partial charge in [-0.25, -0.2) is 9.59 Å². The van der Waals surface area contributed by atoms with Crippen LogP contribution in [-0.4, -0.2) is 42.0 Å². The monoisotopic (exact) mass is 409 g/mol. The van der Waals surface area contributed by atoms with Crippen molar-refractivity contribution in [3.05, 3.63) is 28.8 Å². The predicted octanol–water partition coefficient (Wildman–Crippen LogP) is 2.64. The summed E-state index contributed by atoms with van der Waals surface area (Å²) in [7, 11) is 0. The molecule has 2 N–H and O–H groups in total. The molecule has 1 aliphatic rings. The summed E-state index contributed by atoms with van der Waals surface area (Å²) in [5.74, 6) is -1.58. The van der Waals surface area contributed by atoms with E-state index in [0.29, 0.717) is 23.7 Å². The Morgan fingerprint density at radius 2 is 1.93 bits per heavy atom. The number of hydrogen-bond acceptors (Lipinski definition) is 5. The van der Waals surface area contributed by atoms with E-state index in [-0.39, 0.29) is 11.5 Å². The number of nitrogens with zero attached hydrogens (tertiary/aromatic N) is 1. The molecule has 9 heteroatoms. The summed E-state index contributed by atoms with van der Waals surface area (Å²) in [6.07, 6.45) is -0.0398. The Kier molecular flexibility index (Phi) is 6.66. The van der Waals surface area contributed by atoms with Crippen molar-refractivity contribution in [2.45, 2.75) is 52.2 Å². The molecular formula is C19H24ClN3O5. The first-order chi connectivity index (χ1) is 13.0. The number of anilines is 1. The van der Waals surface area contributed by atoms with Gasteiger partial charge in [0.05, 0.1) is 16.3 Å². The number of ether oxygens (including phenoxy) is 1. The summed E-state index contributed by atoms with van der Waals surface area (Å²) in [4.78, 5) is 49.7. The van der Waals surface area contributed by atoms with Crippen LogP contribution in [0.25, 0.3) is 0 Å². The van der Waals surface area contributed by atoms with E-state index < -0.39 is 29.6 Å². The van der Waals surface area contributed by atoms with Crippen molar-refractivity contribution >= 4 is 41.1 Å². The smallest absolute Gasteiger partial charge is 0.338 e. The second-order valence-electron chi connectivity index (χ2n) is 7.56. The van der Waals surface area contributed by atoms with Crippen LogP contribution in [0.1, 0.15) is 50.9 Å². The fraction of sp³-hybridized carbons (Fsp3) is 0.474. The maximum Gasteiger partial charge on any atom is 0.338 e. The molecule has 152 valence electrons. The number of carbonyl (C=O) groups excluding carboxylic acids is 4. The number of rotatable bonds is 4. The van der Waals surface area contributed by atoms with Gasteiger partial charge in [0.2, 0.25) is 5.91 Å². The third-order valence-corrected chi connectivity index (χ3v) is 4.24. The van der Waals surface area contributed by atoms with Crippen LogP contribution < -0.4 is 15.5 Å². The van der Waals surface area contributed by atoms with Gasteiger partial charge < -0.3 is 15.0 Å². The van der Waals surface area contributed by atoms with E-state index in [1.807, 2.05) is 0 Å². The Balaban J connectivity index is 2.03. The summed E-state index contributed by atoms with van der Waals surface area (Å²) < 4.78 is 5.14. The summed E-state index contributed by atoms with van der Waals surface area (Å²) in [5.41, 5.74) is 0.0648. The van der Waals surface area contributed by atoms with Gasteiger partial charge in [-0.1, -0.05) is 11.6 Å². The first-order valence-corrected chi connectivity index (χ1v) is 9.29. The molecule has 0 aromatic heterocycles. The van der Waals surface area contributed by atoms with Crippen molar-refractivity contribution in [3.8, 4) is 0 Å². The van der Waals surface area contributed by atoms with E-state index in [1.54, 1.807) is 20.8 Å². The molecule has 0 aliphatic carbocycles. The van der Waals surface area contributed by atoms with E-state index in [1.165, 1.54) is 30.0 Å². The number of imide groups is 1. The van der Waals surface area contributed by atoms with Crippen molar-refractivity contribution in [1.82, 2.24) is 10.6 Å². The zero-order valence-corrected chi connectivity index (χ0v) is 17.1. The molecule has 1 saturated heterocycles. The summed E-state index contributed by atoms with van der Waals surface area (Å²) in [5, 5.41) is 5.04. The minimum atomic E-state index is -1.19. The molecule has 1 atom stereocenters. The quantitative estimate of drug-likeness (QED) is 0.744. The fourth-order valence-electron chi connectivity index (χ4n) is 2.62. The van der Waals surface area contributed by atoms with E-state index in [4.69, 9.17) is 16.3 Å². The lowest BCUT2D eigenvalue weighted by molar-refractivity contribution is -0.128. The molecule has 1 aromatic rings. The summed E-state index contributed by atoms with van der Waals surface area (Å²) in [6, 6.07) is 3.73. The summed E-state index contributed by atoms with van der Waals surface area (Å²) in [6.45, 7) is 7.19. The standard InChI is InChI=1S/C19H24ClN3O5/c1-11(16(25)21-18(27)22-19(2,3)4)28-17(26)12-7-8-13(20)14(10-12)23-9-5-6-15(23)24/h7-8,10-11H,5-6,9H2,1-4H3,(H2,21,22,25,27)/t11-/m0/s1. The number of hydrogen-bond donors (Lipinski definition) is 2. The number of halogens is 1. The number of urea groups is 1. The van der Waals surface area contributed by atoms with Crippen LogP contribution in [0.4, 0.5) is 10.5 Å². The second-order valence-corrected chi connectivity index (χ2v) is 7.96. The highest BCUT2D eigenvalue weighted by Crippen LogP contribution is 2.30. The molecule has 0 saturated carbocycles. The molecule has 28 heavy (non-hydrogen) atoms. The minimum absolute atomic E-state index is 0.0648. The number of amides is 4. The van der Waals surface area contributed by atoms with Gasteiger partial charge in [0.1, 0.15) is 0 Å². The highest BCUT2D eigenvalue weighted by atomic mass is 35.5. The molecule has 0 radical (unpaired) electrons. The van der Waals surface area contributed by atoms with Crippen molar-refractivity contribution in [3.63, 3.8) is 0 Å². The van der Waals surface area contributed by atoms with Crippen LogP contribution in [0.2, 0.25) is 5.02 Å². The molecule has 2 rings (SSSR count). The van der Waals surface area contributed by atoms with Gasteiger partial charge in [-0.3, -0.25) is 14.9 Å². The van der Waals surface area contributed by atoms with Gasteiger partial charge in [0.15, 0.2) is 6.10 Å². The lowest BCUT2D eigenvalue weighted by Gasteiger charge is -2.21. The van der Waals surface area contributed by atoms with Gasteiger partial charge in [0, 0.05) is 18.5 Å². The van der Waals surface area contributed by atoms with Crippen molar-refractivity contribution in [2.75, 3.05) is 11.4 Å². The molecule has 1 aliphatic heterocycles. The molecular weight excluding hydrogens is 386 g/mol. The first-order valence-electron chi connectivity index (χ1n) is 8.92. The van der Waals surface area contributed by atoms with Crippen LogP contribution >= 0.6 is 11.6 Å². The van der Waals surface area contributed by atoms with Crippen LogP contribution in [-0.2, 0) is 14.3 Å². The summed E-state index contributed by atoms with van der Waals surface area (Å²) >= 11 is 6.16. The largest absolute Gasteiger partial charge is 0.449 e. The van der Waals surface area contributed by atoms with E-state index in [0.717, 1.165) is 6.42 Å². The Hall–Kier alpha value is -2.61. The fourth-order valence-corrected chi connectivity index (χ4v) is 2.84. The number of benzene rings is 1. The molecule has 1 fully saturated rings. The Bertz CT molecular complexity index is 803. The van der Waals surface area contributed by atoms with Crippen LogP contribution in [0, 0.1) is 0 Å². The molecule has 0 unspecified atom stereocenters. The maximum absolute atomic E-state index is 12.4. The average molecular weight is 410 g/mol. The van der Waals surface area contributed by atoms with Gasteiger partial charge in [0.25, 0.3) is 5.91 Å². The maximum atomic E-state index is 12.4. The third-order valence-electron chi connectivity index (χ3n) is 3.92. The normalized spacial score (nSPS) is 15.2. The van der Waals surface area contributed by atoms with Gasteiger partial charge in [-0.05, 0) is 52.3 Å². The van der Waals surface area contributed by atoms with Crippen molar-refractivity contribution in [2.24, 2.45) is 0 Å². The molecule has 1 heterocycles. The third kappa shape index (κ3) is 5.69. The SMILES string of the molecule is C[C@H](OC(=O)c1ccc(Cl)c(N2CCCC2=O)c1)C(=O)NC(=O)NC(C)(C)C. The predicted molar refractivity (Wildman–Crippen MR) is 104 cm³/mol. The van der Waals surface area contributed by atoms with Gasteiger partial charge >= 0.3 is 12.0 Å². The number of nitrogens with one attached hydrogen (secondary N) is 2. The van der Waals surface area contributed by atoms with Crippen molar-refractivity contribution in [1.29, 1.82) is 0 Å². The zero-order chi connectivity index (χ0) is 21.1. The van der Waals surface area contributed by atoms with Gasteiger partial charge in [-0.15, -0.1) is 0 Å². The van der Waals surface area contributed by atoms with E-state index in [9.17, 15) is 19.2 Å². The molecule has 0 spiro atoms. The van der Waals surface area contributed by atoms with Gasteiger partial charge in [-0.2, -0.15) is 0 Å². The second kappa shape index (κ2) is 8.60. The molecule has 1 aromatic carbocycles. The highest BCUT2D eigenvalue weighted by Gasteiger charge is 2.26. The van der Waals surface area contributed by atoms with Crippen LogP contribution in [0.5, 0.6) is 0 Å². The van der Waals surface area contributed by atoms with E-state index >= 15 is 0 Å². The van der Waals surface area contributed by atoms with Crippen LogP contribution in [0.3, 0.4) is 0 Å².